The number of imidazole rings is 2. The molecule has 2 aromatic heterocycles. The Morgan fingerprint density at radius 2 is 1.38 bits per heavy atom. The van der Waals surface area contributed by atoms with Crippen molar-refractivity contribution >= 4 is 11.0 Å². The van der Waals surface area contributed by atoms with Crippen molar-refractivity contribution in [2.45, 2.75) is 0 Å². The lowest BCUT2D eigenvalue weighted by atomic mass is 11.0. The van der Waals surface area contributed by atoms with Gasteiger partial charge in [-0.3, -0.25) is 9.11 Å². The van der Waals surface area contributed by atoms with E-state index >= 15 is 0 Å². The van der Waals surface area contributed by atoms with E-state index in [1.54, 1.807) is 0 Å². The highest BCUT2D eigenvalue weighted by Crippen LogP contribution is 2.40. The average Bonchev–Trinajstić information content (AvgIpc) is 2.78. The lowest BCUT2D eigenvalue weighted by molar-refractivity contribution is 0.463. The number of aromatic nitrogens is 4. The van der Waals surface area contributed by atoms with E-state index in [2.05, 4.69) is 9.97 Å². The molecule has 6 nitrogen and oxygen atoms in total. The number of hydrogen-bond acceptors (Lipinski definition) is 4. The van der Waals surface area contributed by atoms with Crippen LogP contribution in [-0.4, -0.2) is 27.0 Å². The van der Waals surface area contributed by atoms with Crippen LogP contribution in [0.5, 0.6) is 0 Å². The molecule has 0 bridgehead atoms. The van der Waals surface area contributed by atoms with Gasteiger partial charge in [-0.05, 0) is 11.0 Å². The second-order valence-corrected chi connectivity index (χ2v) is 4.16. The molecule has 70 valence electrons. The second-order valence-electron chi connectivity index (χ2n) is 2.34. The molecular formula is C6H8N4O2S. The van der Waals surface area contributed by atoms with Crippen LogP contribution < -0.4 is 0 Å². The minimum Gasteiger partial charge on any atom is -0.264 e. The Hall–Kier alpha value is -1.31. The van der Waals surface area contributed by atoms with Gasteiger partial charge in [-0.25, -0.2) is 17.9 Å². The minimum atomic E-state index is -3.04. The van der Waals surface area contributed by atoms with Gasteiger partial charge in [-0.1, -0.05) is 0 Å². The molecule has 0 atom stereocenters. The van der Waals surface area contributed by atoms with Gasteiger partial charge in [0.2, 0.25) is 0 Å². The van der Waals surface area contributed by atoms with Gasteiger partial charge in [0.15, 0.2) is 0 Å². The van der Waals surface area contributed by atoms with Crippen molar-refractivity contribution in [1.82, 2.24) is 17.9 Å². The molecule has 2 N–H and O–H groups in total. The van der Waals surface area contributed by atoms with Crippen molar-refractivity contribution in [3.05, 3.63) is 37.4 Å². The number of hydrogen-bond donors (Lipinski definition) is 2. The van der Waals surface area contributed by atoms with Gasteiger partial charge in [0.25, 0.3) is 0 Å². The molecule has 0 saturated carbocycles. The quantitative estimate of drug-likeness (QED) is 0.759. The molecule has 0 amide bonds. The van der Waals surface area contributed by atoms with Crippen molar-refractivity contribution in [1.29, 1.82) is 0 Å². The van der Waals surface area contributed by atoms with Gasteiger partial charge >= 0.3 is 0 Å². The number of nitrogens with zero attached hydrogens (tertiary/aromatic N) is 4. The number of rotatable bonds is 2. The Balaban J connectivity index is 2.42. The lowest BCUT2D eigenvalue weighted by Gasteiger charge is -2.32. The van der Waals surface area contributed by atoms with E-state index in [9.17, 15) is 9.11 Å². The van der Waals surface area contributed by atoms with Crippen molar-refractivity contribution in [3.63, 3.8) is 0 Å². The fraction of sp³-hybridized carbons (Fsp3) is 0. The van der Waals surface area contributed by atoms with E-state index in [0.29, 0.717) is 0 Å². The molecule has 0 unspecified atom stereocenters. The van der Waals surface area contributed by atoms with Crippen LogP contribution >= 0.6 is 11.0 Å². The molecule has 0 fully saturated rings. The zero-order chi connectivity index (χ0) is 9.31. The van der Waals surface area contributed by atoms with Gasteiger partial charge in [-0.15, -0.1) is 0 Å². The van der Waals surface area contributed by atoms with Crippen LogP contribution in [0, 0.1) is 0 Å². The normalized spacial score (nSPS) is 13.1. The highest BCUT2D eigenvalue weighted by atomic mass is 32.3. The molecule has 2 heterocycles. The summed E-state index contributed by atoms with van der Waals surface area (Å²) in [4.78, 5) is 7.46. The fourth-order valence-corrected chi connectivity index (χ4v) is 1.91. The Kier molecular flexibility index (Phi) is 1.83. The largest absolute Gasteiger partial charge is 0.264 e. The van der Waals surface area contributed by atoms with Gasteiger partial charge in [0.05, 0.1) is 0 Å². The first-order chi connectivity index (χ1) is 6.21. The first kappa shape index (κ1) is 8.30. The first-order valence-corrected chi connectivity index (χ1v) is 4.92. The van der Waals surface area contributed by atoms with Crippen LogP contribution in [0.2, 0.25) is 0 Å². The molecule has 13 heavy (non-hydrogen) atoms. The van der Waals surface area contributed by atoms with E-state index in [1.807, 2.05) is 0 Å². The molecule has 0 radical (unpaired) electrons. The summed E-state index contributed by atoms with van der Waals surface area (Å²) in [7, 11) is -3.04. The summed E-state index contributed by atoms with van der Waals surface area (Å²) in [5, 5.41) is 0. The molecule has 0 aromatic carbocycles. The average molecular weight is 200 g/mol. The topological polar surface area (TPSA) is 76.1 Å². The Morgan fingerprint density at radius 1 is 0.923 bits per heavy atom. The van der Waals surface area contributed by atoms with Gasteiger partial charge < -0.3 is 0 Å². The van der Waals surface area contributed by atoms with Crippen LogP contribution in [0.1, 0.15) is 0 Å². The Bertz CT molecular complexity index is 333. The first-order valence-electron chi connectivity index (χ1n) is 3.46. The Morgan fingerprint density at radius 3 is 1.69 bits per heavy atom. The Labute approximate surface area is 76.1 Å². The van der Waals surface area contributed by atoms with Gasteiger partial charge in [0.1, 0.15) is 12.7 Å². The summed E-state index contributed by atoms with van der Waals surface area (Å²) in [5.41, 5.74) is 0. The van der Waals surface area contributed by atoms with Crippen molar-refractivity contribution in [3.8, 4) is 0 Å². The molecule has 0 spiro atoms. The summed E-state index contributed by atoms with van der Waals surface area (Å²) >= 11 is 0. The van der Waals surface area contributed by atoms with E-state index in [1.165, 1.54) is 45.4 Å². The van der Waals surface area contributed by atoms with Crippen molar-refractivity contribution < 1.29 is 9.11 Å². The van der Waals surface area contributed by atoms with Crippen LogP contribution in [-0.2, 0) is 0 Å². The standard InChI is InChI=1S/C6H8N4O2S/c11-13(12,9-3-1-7-5-9)10-4-2-8-6-10/h1-6,11-12H. The summed E-state index contributed by atoms with van der Waals surface area (Å²) in [6, 6.07) is 0. The maximum Gasteiger partial charge on any atom is 0.116 e. The van der Waals surface area contributed by atoms with E-state index in [0.717, 1.165) is 0 Å². The predicted octanol–water partition coefficient (Wildman–Crippen LogP) is 1.06. The van der Waals surface area contributed by atoms with E-state index in [-0.39, 0.29) is 0 Å². The molecule has 0 aliphatic heterocycles. The molecule has 2 rings (SSSR count). The van der Waals surface area contributed by atoms with Gasteiger partial charge in [0, 0.05) is 24.8 Å². The molecule has 0 aliphatic carbocycles. The third-order valence-corrected chi connectivity index (χ3v) is 3.09. The molecular weight excluding hydrogens is 192 g/mol. The fourth-order valence-electron chi connectivity index (χ4n) is 0.892. The maximum atomic E-state index is 9.72. The molecule has 0 saturated heterocycles. The van der Waals surface area contributed by atoms with Crippen LogP contribution in [0.25, 0.3) is 0 Å². The third-order valence-electron chi connectivity index (χ3n) is 1.53. The smallest absolute Gasteiger partial charge is 0.116 e. The minimum absolute atomic E-state index is 1.23. The summed E-state index contributed by atoms with van der Waals surface area (Å²) in [5.74, 6) is 0. The zero-order valence-corrected chi connectivity index (χ0v) is 7.37. The van der Waals surface area contributed by atoms with Crippen LogP contribution in [0.15, 0.2) is 37.4 Å². The molecule has 7 heteroatoms. The monoisotopic (exact) mass is 200 g/mol. The predicted molar refractivity (Wildman–Crippen MR) is 48.1 cm³/mol. The van der Waals surface area contributed by atoms with Crippen molar-refractivity contribution in [2.75, 3.05) is 0 Å². The SMILES string of the molecule is OS(O)(n1ccnc1)n1ccnc1. The van der Waals surface area contributed by atoms with E-state index in [4.69, 9.17) is 0 Å². The van der Waals surface area contributed by atoms with Crippen molar-refractivity contribution in [2.24, 2.45) is 0 Å². The summed E-state index contributed by atoms with van der Waals surface area (Å²) < 4.78 is 21.9. The van der Waals surface area contributed by atoms with Gasteiger partial charge in [-0.2, -0.15) is 0 Å². The lowest BCUT2D eigenvalue weighted by Crippen LogP contribution is -2.14. The highest BCUT2D eigenvalue weighted by Gasteiger charge is 2.14. The van der Waals surface area contributed by atoms with E-state index < -0.39 is 11.0 Å². The third kappa shape index (κ3) is 1.32. The maximum absolute atomic E-state index is 9.72. The molecule has 0 aliphatic rings. The molecule has 2 aromatic rings. The zero-order valence-electron chi connectivity index (χ0n) is 6.56. The van der Waals surface area contributed by atoms with Crippen LogP contribution in [0.3, 0.4) is 0 Å². The summed E-state index contributed by atoms with van der Waals surface area (Å²) in [6.07, 6.45) is 8.60. The van der Waals surface area contributed by atoms with Crippen LogP contribution in [0.4, 0.5) is 0 Å². The summed E-state index contributed by atoms with van der Waals surface area (Å²) in [6.45, 7) is 0. The second kappa shape index (κ2) is 2.87. The highest BCUT2D eigenvalue weighted by molar-refractivity contribution is 8.21.